The first-order chi connectivity index (χ1) is 11.6. The first-order valence-electron chi connectivity index (χ1n) is 8.75. The lowest BCUT2D eigenvalue weighted by Gasteiger charge is -2.49. The van der Waals surface area contributed by atoms with E-state index in [0.29, 0.717) is 17.2 Å². The molecule has 0 atom stereocenters. The minimum absolute atomic E-state index is 0.519. The summed E-state index contributed by atoms with van der Waals surface area (Å²) in [4.78, 5) is 16.5. The Morgan fingerprint density at radius 3 is 2.54 bits per heavy atom. The molecule has 24 heavy (non-hydrogen) atoms. The second kappa shape index (κ2) is 6.47. The zero-order valence-corrected chi connectivity index (χ0v) is 15.1. The number of piperazine rings is 1. The van der Waals surface area contributed by atoms with E-state index < -0.39 is 0 Å². The molecule has 0 radical (unpaired) electrons. The molecular formula is C18H24ClN5. The first-order valence-corrected chi connectivity index (χ1v) is 9.13. The van der Waals surface area contributed by atoms with Gasteiger partial charge in [-0.3, -0.25) is 14.8 Å². The zero-order chi connectivity index (χ0) is 16.7. The number of hydrogen-bond donors (Lipinski definition) is 0. The Hall–Kier alpha value is -1.43. The molecule has 0 spiro atoms. The minimum atomic E-state index is 0.519. The van der Waals surface area contributed by atoms with Crippen molar-refractivity contribution < 1.29 is 0 Å². The average molecular weight is 346 g/mol. The van der Waals surface area contributed by atoms with Crippen LogP contribution in [-0.4, -0.2) is 71.1 Å². The van der Waals surface area contributed by atoms with E-state index in [1.807, 2.05) is 12.3 Å². The van der Waals surface area contributed by atoms with Gasteiger partial charge in [0.1, 0.15) is 5.15 Å². The number of halogens is 1. The molecule has 0 saturated carbocycles. The van der Waals surface area contributed by atoms with Crippen LogP contribution in [0.2, 0.25) is 5.15 Å². The molecule has 2 aromatic rings. The lowest BCUT2D eigenvalue weighted by molar-refractivity contribution is 0.0678. The Bertz CT molecular complexity index is 720. The summed E-state index contributed by atoms with van der Waals surface area (Å²) in [7, 11) is 0. The van der Waals surface area contributed by atoms with Gasteiger partial charge in [-0.15, -0.1) is 0 Å². The predicted molar refractivity (Wildman–Crippen MR) is 98.8 cm³/mol. The van der Waals surface area contributed by atoms with Gasteiger partial charge in [0.2, 0.25) is 0 Å². The van der Waals surface area contributed by atoms with Crippen LogP contribution < -0.4 is 4.90 Å². The molecule has 6 heteroatoms. The van der Waals surface area contributed by atoms with Crippen LogP contribution in [-0.2, 0) is 0 Å². The number of fused-ring (bicyclic) bond motifs is 1. The SMILES string of the molecule is CC(C)N1CCN(C2CN(c3cnc4ccc(Cl)nc4c3)C2)CC1. The molecule has 0 unspecified atom stereocenters. The van der Waals surface area contributed by atoms with Crippen molar-refractivity contribution in [2.75, 3.05) is 44.2 Å². The summed E-state index contributed by atoms with van der Waals surface area (Å²) in [6, 6.07) is 7.13. The molecular weight excluding hydrogens is 322 g/mol. The summed E-state index contributed by atoms with van der Waals surface area (Å²) < 4.78 is 0. The van der Waals surface area contributed by atoms with E-state index in [2.05, 4.69) is 44.6 Å². The van der Waals surface area contributed by atoms with Gasteiger partial charge in [0.05, 0.1) is 22.9 Å². The van der Waals surface area contributed by atoms with Crippen molar-refractivity contribution in [2.45, 2.75) is 25.9 Å². The van der Waals surface area contributed by atoms with Crippen LogP contribution in [0.25, 0.3) is 11.0 Å². The number of hydrogen-bond acceptors (Lipinski definition) is 5. The highest BCUT2D eigenvalue weighted by Crippen LogP contribution is 2.26. The van der Waals surface area contributed by atoms with Gasteiger partial charge in [0.15, 0.2) is 0 Å². The predicted octanol–water partition coefficient (Wildman–Crippen LogP) is 2.50. The number of rotatable bonds is 3. The molecule has 0 N–H and O–H groups in total. The maximum atomic E-state index is 5.99. The number of nitrogens with zero attached hydrogens (tertiary/aromatic N) is 5. The molecule has 0 amide bonds. The fraction of sp³-hybridized carbons (Fsp3) is 0.556. The largest absolute Gasteiger partial charge is 0.367 e. The fourth-order valence-electron chi connectivity index (χ4n) is 3.66. The van der Waals surface area contributed by atoms with Gasteiger partial charge in [0.25, 0.3) is 0 Å². The smallest absolute Gasteiger partial charge is 0.129 e. The van der Waals surface area contributed by atoms with Crippen molar-refractivity contribution in [3.05, 3.63) is 29.5 Å². The minimum Gasteiger partial charge on any atom is -0.367 e. The Morgan fingerprint density at radius 2 is 1.83 bits per heavy atom. The standard InChI is InChI=1S/C18H24ClN5/c1-13(2)22-5-7-23(8-6-22)15-11-24(12-15)14-9-17-16(20-10-14)3-4-18(19)21-17/h3-4,9-10,13,15H,5-8,11-12H2,1-2H3. The maximum Gasteiger partial charge on any atom is 0.129 e. The van der Waals surface area contributed by atoms with Crippen LogP contribution in [0, 0.1) is 0 Å². The van der Waals surface area contributed by atoms with E-state index >= 15 is 0 Å². The molecule has 4 heterocycles. The third kappa shape index (κ3) is 3.08. The normalized spacial score (nSPS) is 20.8. The average Bonchev–Trinajstić information content (AvgIpc) is 2.53. The van der Waals surface area contributed by atoms with E-state index in [-0.39, 0.29) is 0 Å². The highest BCUT2D eigenvalue weighted by molar-refractivity contribution is 6.29. The quantitative estimate of drug-likeness (QED) is 0.799. The van der Waals surface area contributed by atoms with Gasteiger partial charge in [-0.2, -0.15) is 0 Å². The van der Waals surface area contributed by atoms with Gasteiger partial charge in [-0.25, -0.2) is 4.98 Å². The van der Waals surface area contributed by atoms with Crippen LogP contribution in [0.1, 0.15) is 13.8 Å². The molecule has 2 saturated heterocycles. The van der Waals surface area contributed by atoms with Gasteiger partial charge in [-0.1, -0.05) is 11.6 Å². The highest BCUT2D eigenvalue weighted by Gasteiger charge is 2.34. The topological polar surface area (TPSA) is 35.5 Å². The second-order valence-corrected chi connectivity index (χ2v) is 7.48. The summed E-state index contributed by atoms with van der Waals surface area (Å²) in [6.07, 6.45) is 1.95. The van der Waals surface area contributed by atoms with E-state index in [4.69, 9.17) is 11.6 Å². The molecule has 2 fully saturated rings. The molecule has 0 aromatic carbocycles. The Kier molecular flexibility index (Phi) is 4.33. The molecule has 2 aromatic heterocycles. The molecule has 5 nitrogen and oxygen atoms in total. The third-order valence-corrected chi connectivity index (χ3v) is 5.52. The van der Waals surface area contributed by atoms with Crippen LogP contribution in [0.4, 0.5) is 5.69 Å². The van der Waals surface area contributed by atoms with Crippen LogP contribution in [0.15, 0.2) is 24.4 Å². The maximum absolute atomic E-state index is 5.99. The van der Waals surface area contributed by atoms with Crippen molar-refractivity contribution in [1.82, 2.24) is 19.8 Å². The lowest BCUT2D eigenvalue weighted by Crippen LogP contribution is -2.63. The van der Waals surface area contributed by atoms with E-state index in [0.717, 1.165) is 29.8 Å². The summed E-state index contributed by atoms with van der Waals surface area (Å²) >= 11 is 5.99. The second-order valence-electron chi connectivity index (χ2n) is 7.09. The summed E-state index contributed by atoms with van der Waals surface area (Å²) in [5.41, 5.74) is 2.91. The molecule has 0 aliphatic carbocycles. The Morgan fingerprint density at radius 1 is 1.08 bits per heavy atom. The van der Waals surface area contributed by atoms with Crippen molar-refractivity contribution >= 4 is 28.3 Å². The molecule has 0 bridgehead atoms. The Labute approximate surface area is 148 Å². The van der Waals surface area contributed by atoms with Crippen molar-refractivity contribution in [3.8, 4) is 0 Å². The summed E-state index contributed by atoms with van der Waals surface area (Å²) in [5.74, 6) is 0. The number of pyridine rings is 2. The first kappa shape index (κ1) is 16.1. The number of aromatic nitrogens is 2. The van der Waals surface area contributed by atoms with Crippen molar-refractivity contribution in [2.24, 2.45) is 0 Å². The molecule has 2 aliphatic heterocycles. The van der Waals surface area contributed by atoms with E-state index in [1.165, 1.54) is 26.2 Å². The third-order valence-electron chi connectivity index (χ3n) is 5.31. The van der Waals surface area contributed by atoms with Crippen LogP contribution >= 0.6 is 11.6 Å². The summed E-state index contributed by atoms with van der Waals surface area (Å²) in [6.45, 7) is 11.5. The highest BCUT2D eigenvalue weighted by atomic mass is 35.5. The molecule has 4 rings (SSSR count). The molecule has 128 valence electrons. The van der Waals surface area contributed by atoms with E-state index in [9.17, 15) is 0 Å². The lowest BCUT2D eigenvalue weighted by atomic mass is 10.0. The monoisotopic (exact) mass is 345 g/mol. The van der Waals surface area contributed by atoms with Crippen molar-refractivity contribution in [1.29, 1.82) is 0 Å². The van der Waals surface area contributed by atoms with Gasteiger partial charge in [0, 0.05) is 51.4 Å². The van der Waals surface area contributed by atoms with Crippen LogP contribution in [0.3, 0.4) is 0 Å². The fourth-order valence-corrected chi connectivity index (χ4v) is 3.81. The zero-order valence-electron chi connectivity index (χ0n) is 14.3. The van der Waals surface area contributed by atoms with Gasteiger partial charge >= 0.3 is 0 Å². The van der Waals surface area contributed by atoms with Gasteiger partial charge < -0.3 is 4.90 Å². The van der Waals surface area contributed by atoms with Crippen LogP contribution in [0.5, 0.6) is 0 Å². The van der Waals surface area contributed by atoms with Gasteiger partial charge in [-0.05, 0) is 32.0 Å². The number of anilines is 1. The Balaban J connectivity index is 1.37. The van der Waals surface area contributed by atoms with E-state index in [1.54, 1.807) is 6.07 Å². The van der Waals surface area contributed by atoms with Crippen molar-refractivity contribution in [3.63, 3.8) is 0 Å². The molecule has 2 aliphatic rings. The summed E-state index contributed by atoms with van der Waals surface area (Å²) in [5, 5.41) is 0.519.